The average Bonchev–Trinajstić information content (AvgIpc) is 2.57. The molecule has 1 aliphatic heterocycles. The lowest BCUT2D eigenvalue weighted by Gasteiger charge is -2.34. The van der Waals surface area contributed by atoms with Crippen LogP contribution in [0.25, 0.3) is 0 Å². The number of hydrogen-bond acceptors (Lipinski definition) is 5. The largest absolute Gasteiger partial charge is 0.354 e. The third kappa shape index (κ3) is 4.05. The fourth-order valence-electron chi connectivity index (χ4n) is 2.93. The number of nitrogens with one attached hydrogen (secondary N) is 1. The van der Waals surface area contributed by atoms with Crippen LogP contribution in [0.3, 0.4) is 0 Å². The van der Waals surface area contributed by atoms with Gasteiger partial charge in [-0.25, -0.2) is 9.97 Å². The van der Waals surface area contributed by atoms with Crippen molar-refractivity contribution in [3.05, 3.63) is 40.1 Å². The van der Waals surface area contributed by atoms with Gasteiger partial charge in [-0.1, -0.05) is 13.0 Å². The molecule has 2 heterocycles. The van der Waals surface area contributed by atoms with Gasteiger partial charge in [0.05, 0.1) is 5.69 Å². The lowest BCUT2D eigenvalue weighted by Crippen LogP contribution is -2.46. The lowest BCUT2D eigenvalue weighted by atomic mass is 10.2. The summed E-state index contributed by atoms with van der Waals surface area (Å²) in [7, 11) is 0. The molecule has 0 atom stereocenters. The van der Waals surface area contributed by atoms with E-state index in [4.69, 9.17) is 0 Å². The summed E-state index contributed by atoms with van der Waals surface area (Å²) in [6, 6.07) is 8.30. The molecule has 1 fully saturated rings. The van der Waals surface area contributed by atoms with E-state index in [9.17, 15) is 0 Å². The van der Waals surface area contributed by atoms with E-state index in [0.717, 1.165) is 60.3 Å². The summed E-state index contributed by atoms with van der Waals surface area (Å²) in [4.78, 5) is 14.0. The predicted octanol–water partition coefficient (Wildman–Crippen LogP) is 3.74. The summed E-state index contributed by atoms with van der Waals surface area (Å²) in [6.45, 7) is 11.6. The molecule has 1 N–H and O–H groups in total. The number of anilines is 3. The van der Waals surface area contributed by atoms with E-state index in [-0.39, 0.29) is 0 Å². The van der Waals surface area contributed by atoms with Gasteiger partial charge in [-0.05, 0) is 54.0 Å². The molecular formula is C18H24BrN5. The first-order chi connectivity index (χ1) is 11.5. The van der Waals surface area contributed by atoms with Crippen molar-refractivity contribution in [2.45, 2.75) is 20.8 Å². The predicted molar refractivity (Wildman–Crippen MR) is 103 cm³/mol. The van der Waals surface area contributed by atoms with Crippen molar-refractivity contribution in [2.75, 3.05) is 42.9 Å². The van der Waals surface area contributed by atoms with Gasteiger partial charge in [0.25, 0.3) is 0 Å². The smallest absolute Gasteiger partial charge is 0.136 e. The molecular weight excluding hydrogens is 366 g/mol. The van der Waals surface area contributed by atoms with E-state index in [1.54, 1.807) is 0 Å². The quantitative estimate of drug-likeness (QED) is 0.862. The average molecular weight is 390 g/mol. The minimum absolute atomic E-state index is 0.788. The van der Waals surface area contributed by atoms with Crippen molar-refractivity contribution in [2.24, 2.45) is 0 Å². The molecule has 0 unspecified atom stereocenters. The number of aromatic nitrogens is 2. The Labute approximate surface area is 152 Å². The van der Waals surface area contributed by atoms with Crippen molar-refractivity contribution in [3.8, 4) is 0 Å². The van der Waals surface area contributed by atoms with Crippen LogP contribution in [0.15, 0.2) is 28.7 Å². The molecule has 1 saturated heterocycles. The SMILES string of the molecule is CCN1CCN(c2cc(Nc3ccc(C)cc3Br)nc(C)n2)CC1. The van der Waals surface area contributed by atoms with Gasteiger partial charge >= 0.3 is 0 Å². The number of rotatable bonds is 4. The second-order valence-corrected chi connectivity index (χ2v) is 7.04. The third-order valence-electron chi connectivity index (χ3n) is 4.36. The van der Waals surface area contributed by atoms with E-state index >= 15 is 0 Å². The Kier molecular flexibility index (Phi) is 5.36. The highest BCUT2D eigenvalue weighted by atomic mass is 79.9. The Morgan fingerprint density at radius 1 is 1.08 bits per heavy atom. The van der Waals surface area contributed by atoms with Gasteiger partial charge in [-0.3, -0.25) is 0 Å². The zero-order valence-corrected chi connectivity index (χ0v) is 16.1. The van der Waals surface area contributed by atoms with Gasteiger partial charge in [0, 0.05) is 36.7 Å². The van der Waals surface area contributed by atoms with Crippen LogP contribution in [0.2, 0.25) is 0 Å². The van der Waals surface area contributed by atoms with E-state index in [0.29, 0.717) is 0 Å². The van der Waals surface area contributed by atoms with Gasteiger partial charge in [-0.2, -0.15) is 0 Å². The molecule has 6 heteroatoms. The van der Waals surface area contributed by atoms with E-state index in [1.807, 2.05) is 13.0 Å². The highest BCUT2D eigenvalue weighted by Crippen LogP contribution is 2.27. The van der Waals surface area contributed by atoms with Gasteiger partial charge in [0.1, 0.15) is 17.5 Å². The summed E-state index contributed by atoms with van der Waals surface area (Å²) < 4.78 is 1.04. The lowest BCUT2D eigenvalue weighted by molar-refractivity contribution is 0.270. The molecule has 0 saturated carbocycles. The highest BCUT2D eigenvalue weighted by molar-refractivity contribution is 9.10. The molecule has 0 radical (unpaired) electrons. The monoisotopic (exact) mass is 389 g/mol. The standard InChI is InChI=1S/C18H24BrN5/c1-4-23-7-9-24(10-8-23)18-12-17(20-14(3)21-18)22-16-6-5-13(2)11-15(16)19/h5-6,11-12H,4,7-10H2,1-3H3,(H,20,21,22). The summed E-state index contributed by atoms with van der Waals surface area (Å²) in [5.41, 5.74) is 2.24. The van der Waals surface area contributed by atoms with E-state index in [2.05, 4.69) is 73.1 Å². The van der Waals surface area contributed by atoms with E-state index in [1.165, 1.54) is 5.56 Å². The Balaban J connectivity index is 1.79. The summed E-state index contributed by atoms with van der Waals surface area (Å²) in [5, 5.41) is 3.40. The second-order valence-electron chi connectivity index (χ2n) is 6.19. The van der Waals surface area contributed by atoms with Crippen molar-refractivity contribution in [1.82, 2.24) is 14.9 Å². The Bertz CT molecular complexity index is 711. The van der Waals surface area contributed by atoms with Crippen molar-refractivity contribution in [1.29, 1.82) is 0 Å². The van der Waals surface area contributed by atoms with Crippen LogP contribution in [0.1, 0.15) is 18.3 Å². The van der Waals surface area contributed by atoms with Crippen LogP contribution in [0.5, 0.6) is 0 Å². The number of hydrogen-bond donors (Lipinski definition) is 1. The maximum Gasteiger partial charge on any atom is 0.136 e. The molecule has 3 rings (SSSR count). The summed E-state index contributed by atoms with van der Waals surface area (Å²) in [5.74, 6) is 2.63. The minimum Gasteiger partial charge on any atom is -0.354 e. The molecule has 2 aromatic rings. The molecule has 1 aliphatic rings. The van der Waals surface area contributed by atoms with Gasteiger partial charge in [-0.15, -0.1) is 0 Å². The molecule has 5 nitrogen and oxygen atoms in total. The number of halogens is 1. The van der Waals surface area contributed by atoms with Gasteiger partial charge < -0.3 is 15.1 Å². The number of likely N-dealkylation sites (N-methyl/N-ethyl adjacent to an activating group) is 1. The van der Waals surface area contributed by atoms with Gasteiger partial charge in [0.15, 0.2) is 0 Å². The zero-order chi connectivity index (χ0) is 17.1. The highest BCUT2D eigenvalue weighted by Gasteiger charge is 2.18. The van der Waals surface area contributed by atoms with Crippen LogP contribution in [-0.2, 0) is 0 Å². The number of benzene rings is 1. The molecule has 24 heavy (non-hydrogen) atoms. The zero-order valence-electron chi connectivity index (χ0n) is 14.5. The Morgan fingerprint density at radius 2 is 1.83 bits per heavy atom. The topological polar surface area (TPSA) is 44.3 Å². The van der Waals surface area contributed by atoms with Crippen molar-refractivity contribution >= 4 is 33.3 Å². The molecule has 1 aromatic carbocycles. The second kappa shape index (κ2) is 7.49. The van der Waals surface area contributed by atoms with E-state index < -0.39 is 0 Å². The molecule has 0 amide bonds. The Morgan fingerprint density at radius 3 is 2.50 bits per heavy atom. The summed E-state index contributed by atoms with van der Waals surface area (Å²) >= 11 is 3.61. The fraction of sp³-hybridized carbons (Fsp3) is 0.444. The maximum absolute atomic E-state index is 4.63. The molecule has 0 aliphatic carbocycles. The first-order valence-corrected chi connectivity index (χ1v) is 9.20. The van der Waals surface area contributed by atoms with Gasteiger partial charge in [0.2, 0.25) is 0 Å². The van der Waals surface area contributed by atoms with Crippen LogP contribution < -0.4 is 10.2 Å². The molecule has 128 valence electrons. The van der Waals surface area contributed by atoms with Crippen LogP contribution >= 0.6 is 15.9 Å². The van der Waals surface area contributed by atoms with Crippen molar-refractivity contribution in [3.63, 3.8) is 0 Å². The molecule has 0 spiro atoms. The van der Waals surface area contributed by atoms with Crippen LogP contribution in [0, 0.1) is 13.8 Å². The van der Waals surface area contributed by atoms with Crippen molar-refractivity contribution < 1.29 is 0 Å². The number of aryl methyl sites for hydroxylation is 2. The molecule has 0 bridgehead atoms. The fourth-order valence-corrected chi connectivity index (χ4v) is 3.52. The maximum atomic E-state index is 4.63. The van der Waals surface area contributed by atoms with Crippen LogP contribution in [0.4, 0.5) is 17.3 Å². The summed E-state index contributed by atoms with van der Waals surface area (Å²) in [6.07, 6.45) is 0. The minimum atomic E-state index is 0.788. The molecule has 1 aromatic heterocycles. The van der Waals surface area contributed by atoms with Crippen LogP contribution in [-0.4, -0.2) is 47.6 Å². The third-order valence-corrected chi connectivity index (χ3v) is 5.01. The number of piperazine rings is 1. The Hall–Kier alpha value is -1.66. The normalized spacial score (nSPS) is 15.6. The number of nitrogens with zero attached hydrogens (tertiary/aromatic N) is 4. The first-order valence-electron chi connectivity index (χ1n) is 8.41. The first kappa shape index (κ1) is 17.2.